The molecule has 0 aliphatic carbocycles. The molecular weight excluding hydrogens is 318 g/mol. The van der Waals surface area contributed by atoms with Gasteiger partial charge in [-0.3, -0.25) is 4.79 Å². The van der Waals surface area contributed by atoms with Gasteiger partial charge in [-0.15, -0.1) is 0 Å². The van der Waals surface area contributed by atoms with Crippen molar-refractivity contribution in [3.8, 4) is 0 Å². The number of benzene rings is 2. The van der Waals surface area contributed by atoms with Gasteiger partial charge in [-0.25, -0.2) is 8.78 Å². The lowest BCUT2D eigenvalue weighted by atomic mass is 10.1. The number of amides is 1. The van der Waals surface area contributed by atoms with Crippen LogP contribution in [0.2, 0.25) is 5.02 Å². The zero-order chi connectivity index (χ0) is 15.6. The zero-order valence-corrected chi connectivity index (χ0v) is 12.1. The van der Waals surface area contributed by atoms with E-state index in [4.69, 9.17) is 29.6 Å². The summed E-state index contributed by atoms with van der Waals surface area (Å²) in [5.41, 5.74) is 5.71. The van der Waals surface area contributed by atoms with Crippen LogP contribution in [0, 0.1) is 11.6 Å². The van der Waals surface area contributed by atoms with Gasteiger partial charge in [-0.05, 0) is 36.4 Å². The second-order valence-electron chi connectivity index (χ2n) is 4.13. The third kappa shape index (κ3) is 3.53. The molecule has 0 spiro atoms. The van der Waals surface area contributed by atoms with E-state index in [2.05, 4.69) is 5.32 Å². The molecule has 0 atom stereocenters. The van der Waals surface area contributed by atoms with Crippen LogP contribution in [-0.2, 0) is 0 Å². The first-order valence-corrected chi connectivity index (χ1v) is 6.53. The van der Waals surface area contributed by atoms with E-state index in [0.29, 0.717) is 10.6 Å². The molecule has 0 aromatic heterocycles. The van der Waals surface area contributed by atoms with E-state index in [1.807, 2.05) is 0 Å². The van der Waals surface area contributed by atoms with Gasteiger partial charge in [-0.2, -0.15) is 0 Å². The minimum atomic E-state index is -0.840. The van der Waals surface area contributed by atoms with Crippen LogP contribution in [0.4, 0.5) is 14.5 Å². The Labute approximate surface area is 129 Å². The summed E-state index contributed by atoms with van der Waals surface area (Å²) in [6.07, 6.45) is 0. The third-order valence-corrected chi connectivity index (χ3v) is 3.12. The molecule has 2 rings (SSSR count). The van der Waals surface area contributed by atoms with Gasteiger partial charge in [0.1, 0.15) is 16.6 Å². The smallest absolute Gasteiger partial charge is 0.258 e. The van der Waals surface area contributed by atoms with Gasteiger partial charge >= 0.3 is 0 Å². The summed E-state index contributed by atoms with van der Waals surface area (Å²) in [6.45, 7) is 0. The number of nitrogens with one attached hydrogen (secondary N) is 1. The molecular formula is C14H9ClF2N2OS. The van der Waals surface area contributed by atoms with Crippen molar-refractivity contribution in [3.63, 3.8) is 0 Å². The van der Waals surface area contributed by atoms with Crippen LogP contribution in [0.1, 0.15) is 15.9 Å². The number of rotatable bonds is 3. The summed E-state index contributed by atoms with van der Waals surface area (Å²) >= 11 is 10.7. The van der Waals surface area contributed by atoms with E-state index >= 15 is 0 Å². The number of carbonyl (C=O) groups excluding carboxylic acids is 1. The molecule has 0 saturated heterocycles. The van der Waals surface area contributed by atoms with E-state index in [1.165, 1.54) is 12.1 Å². The van der Waals surface area contributed by atoms with Crippen molar-refractivity contribution in [3.05, 3.63) is 64.2 Å². The fraction of sp³-hybridized carbons (Fsp3) is 0. The molecule has 0 heterocycles. The van der Waals surface area contributed by atoms with Gasteiger partial charge in [0.15, 0.2) is 0 Å². The summed E-state index contributed by atoms with van der Waals surface area (Å²) in [5.74, 6) is -2.39. The molecule has 0 aliphatic rings. The quantitative estimate of drug-likeness (QED) is 0.849. The van der Waals surface area contributed by atoms with Crippen LogP contribution >= 0.6 is 23.8 Å². The van der Waals surface area contributed by atoms with E-state index in [1.54, 1.807) is 6.07 Å². The third-order valence-electron chi connectivity index (χ3n) is 2.67. The summed E-state index contributed by atoms with van der Waals surface area (Å²) in [7, 11) is 0. The van der Waals surface area contributed by atoms with Crippen molar-refractivity contribution in [1.29, 1.82) is 0 Å². The maximum atomic E-state index is 13.6. The van der Waals surface area contributed by atoms with Gasteiger partial charge < -0.3 is 11.1 Å². The van der Waals surface area contributed by atoms with Gasteiger partial charge in [-0.1, -0.05) is 23.8 Å². The summed E-state index contributed by atoms with van der Waals surface area (Å²) in [4.78, 5) is 12.1. The number of nitrogens with two attached hydrogens (primary N) is 1. The van der Waals surface area contributed by atoms with Crippen LogP contribution in [0.3, 0.4) is 0 Å². The monoisotopic (exact) mass is 326 g/mol. The van der Waals surface area contributed by atoms with Crippen LogP contribution in [0.15, 0.2) is 36.4 Å². The first-order chi connectivity index (χ1) is 9.88. The highest BCUT2D eigenvalue weighted by molar-refractivity contribution is 7.80. The van der Waals surface area contributed by atoms with Crippen molar-refractivity contribution >= 4 is 40.4 Å². The van der Waals surface area contributed by atoms with Crippen molar-refractivity contribution in [2.75, 3.05) is 5.32 Å². The summed E-state index contributed by atoms with van der Waals surface area (Å²) < 4.78 is 26.7. The Morgan fingerprint density at radius 1 is 1.14 bits per heavy atom. The highest BCUT2D eigenvalue weighted by Gasteiger charge is 2.15. The van der Waals surface area contributed by atoms with Crippen molar-refractivity contribution in [2.45, 2.75) is 0 Å². The average Bonchev–Trinajstić information content (AvgIpc) is 2.41. The van der Waals surface area contributed by atoms with Crippen molar-refractivity contribution in [2.24, 2.45) is 5.73 Å². The SMILES string of the molecule is NC(=S)c1ccc(Cl)cc1NC(=O)c1cc(F)ccc1F. The van der Waals surface area contributed by atoms with E-state index in [0.717, 1.165) is 18.2 Å². The first kappa shape index (κ1) is 15.3. The molecule has 2 aromatic rings. The molecule has 0 fully saturated rings. The molecule has 2 aromatic carbocycles. The van der Waals surface area contributed by atoms with Gasteiger partial charge in [0.2, 0.25) is 0 Å². The molecule has 3 N–H and O–H groups in total. The Morgan fingerprint density at radius 3 is 2.52 bits per heavy atom. The molecule has 108 valence electrons. The van der Waals surface area contributed by atoms with E-state index < -0.39 is 23.1 Å². The molecule has 3 nitrogen and oxygen atoms in total. The number of hydrogen-bond donors (Lipinski definition) is 2. The van der Waals surface area contributed by atoms with Gasteiger partial charge in [0.05, 0.1) is 11.3 Å². The zero-order valence-electron chi connectivity index (χ0n) is 10.5. The Bertz CT molecular complexity index is 737. The molecule has 0 radical (unpaired) electrons. The minimum absolute atomic E-state index is 0.0432. The fourth-order valence-electron chi connectivity index (χ4n) is 1.70. The Kier molecular flexibility index (Phi) is 4.50. The van der Waals surface area contributed by atoms with Crippen LogP contribution < -0.4 is 11.1 Å². The topological polar surface area (TPSA) is 55.1 Å². The predicted octanol–water partition coefficient (Wildman–Crippen LogP) is 3.50. The Balaban J connectivity index is 2.38. The van der Waals surface area contributed by atoms with Crippen LogP contribution in [-0.4, -0.2) is 10.9 Å². The number of thiocarbonyl (C=S) groups is 1. The Morgan fingerprint density at radius 2 is 1.86 bits per heavy atom. The lowest BCUT2D eigenvalue weighted by Crippen LogP contribution is -2.18. The highest BCUT2D eigenvalue weighted by atomic mass is 35.5. The molecule has 0 saturated carbocycles. The van der Waals surface area contributed by atoms with Crippen molar-refractivity contribution < 1.29 is 13.6 Å². The highest BCUT2D eigenvalue weighted by Crippen LogP contribution is 2.22. The number of hydrogen-bond acceptors (Lipinski definition) is 2. The number of carbonyl (C=O) groups is 1. The summed E-state index contributed by atoms with van der Waals surface area (Å²) in [5, 5.41) is 2.76. The largest absolute Gasteiger partial charge is 0.389 e. The molecule has 21 heavy (non-hydrogen) atoms. The van der Waals surface area contributed by atoms with E-state index in [-0.39, 0.29) is 10.7 Å². The molecule has 1 amide bonds. The van der Waals surface area contributed by atoms with Gasteiger partial charge in [0, 0.05) is 10.6 Å². The molecule has 0 aliphatic heterocycles. The first-order valence-electron chi connectivity index (χ1n) is 5.74. The predicted molar refractivity (Wildman–Crippen MR) is 81.7 cm³/mol. The number of halogens is 3. The maximum absolute atomic E-state index is 13.6. The lowest BCUT2D eigenvalue weighted by Gasteiger charge is -2.11. The second-order valence-corrected chi connectivity index (χ2v) is 5.01. The maximum Gasteiger partial charge on any atom is 0.258 e. The van der Waals surface area contributed by atoms with Gasteiger partial charge in [0.25, 0.3) is 5.91 Å². The molecule has 0 unspecified atom stereocenters. The van der Waals surface area contributed by atoms with Crippen molar-refractivity contribution in [1.82, 2.24) is 0 Å². The van der Waals surface area contributed by atoms with Crippen LogP contribution in [0.5, 0.6) is 0 Å². The standard InChI is InChI=1S/C14H9ClF2N2OS/c15-7-1-3-9(13(18)21)12(5-7)19-14(20)10-6-8(16)2-4-11(10)17/h1-6H,(H2,18,21)(H,19,20). The molecule has 0 bridgehead atoms. The van der Waals surface area contributed by atoms with Crippen LogP contribution in [0.25, 0.3) is 0 Å². The Hall–Kier alpha value is -2.05. The second kappa shape index (κ2) is 6.15. The molecule has 7 heteroatoms. The number of anilines is 1. The summed E-state index contributed by atoms with van der Waals surface area (Å²) in [6, 6.07) is 7.10. The van der Waals surface area contributed by atoms with E-state index in [9.17, 15) is 13.6 Å². The fourth-order valence-corrected chi connectivity index (χ4v) is 2.05. The average molecular weight is 327 g/mol. The minimum Gasteiger partial charge on any atom is -0.389 e. The normalized spacial score (nSPS) is 10.2. The lowest BCUT2D eigenvalue weighted by molar-refractivity contribution is 0.102.